The first-order chi connectivity index (χ1) is 17.2. The molecule has 0 saturated carbocycles. The Bertz CT molecular complexity index is 1320. The molecular weight excluding hydrogens is 434 g/mol. The van der Waals surface area contributed by atoms with Gasteiger partial charge in [-0.25, -0.2) is 4.98 Å². The lowest BCUT2D eigenvalue weighted by Crippen LogP contribution is -2.46. The Morgan fingerprint density at radius 3 is 2.34 bits per heavy atom. The van der Waals surface area contributed by atoms with Crippen LogP contribution in [0.1, 0.15) is 12.0 Å². The number of aromatic nitrogens is 1. The van der Waals surface area contributed by atoms with Crippen LogP contribution in [0.4, 0.5) is 17.2 Å². The smallest absolute Gasteiger partial charge is 0.138 e. The van der Waals surface area contributed by atoms with Crippen LogP contribution in [0.15, 0.2) is 79.0 Å². The van der Waals surface area contributed by atoms with Gasteiger partial charge in [0.05, 0.1) is 11.6 Å². The van der Waals surface area contributed by atoms with Crippen molar-refractivity contribution >= 4 is 28.0 Å². The number of aliphatic hydroxyl groups excluding tert-OH is 1. The number of anilines is 3. The lowest BCUT2D eigenvalue weighted by Gasteiger charge is -2.36. The molecule has 35 heavy (non-hydrogen) atoms. The molecule has 176 valence electrons. The highest BCUT2D eigenvalue weighted by Gasteiger charge is 2.16. The highest BCUT2D eigenvalue weighted by Crippen LogP contribution is 2.30. The van der Waals surface area contributed by atoms with E-state index in [1.807, 2.05) is 36.5 Å². The lowest BCUT2D eigenvalue weighted by atomic mass is 10.0. The molecule has 0 unspecified atom stereocenters. The maximum Gasteiger partial charge on any atom is 0.138 e. The average molecular weight is 464 g/mol. The molecule has 3 aromatic carbocycles. The predicted molar refractivity (Wildman–Crippen MR) is 142 cm³/mol. The molecule has 6 heteroatoms. The fraction of sp³-hybridized carbons (Fsp3) is 0.241. The van der Waals surface area contributed by atoms with E-state index in [4.69, 9.17) is 10.4 Å². The molecule has 1 aliphatic rings. The first-order valence-electron chi connectivity index (χ1n) is 12.1. The van der Waals surface area contributed by atoms with Crippen molar-refractivity contribution in [2.45, 2.75) is 6.42 Å². The zero-order chi connectivity index (χ0) is 24.0. The number of rotatable bonds is 7. The molecule has 2 N–H and O–H groups in total. The third-order valence-electron chi connectivity index (χ3n) is 6.61. The van der Waals surface area contributed by atoms with Crippen LogP contribution in [0.3, 0.4) is 0 Å². The minimum absolute atomic E-state index is 0.261. The van der Waals surface area contributed by atoms with Crippen LogP contribution < -0.4 is 10.2 Å². The van der Waals surface area contributed by atoms with Crippen LogP contribution in [0.25, 0.3) is 21.9 Å². The molecule has 6 nitrogen and oxygen atoms in total. The van der Waals surface area contributed by atoms with Gasteiger partial charge in [-0.3, -0.25) is 4.90 Å². The summed E-state index contributed by atoms with van der Waals surface area (Å²) in [5, 5.41) is 23.8. The molecule has 1 aromatic heterocycles. The summed E-state index contributed by atoms with van der Waals surface area (Å²) in [6.45, 7) is 5.29. The summed E-state index contributed by atoms with van der Waals surface area (Å²) < 4.78 is 0. The van der Waals surface area contributed by atoms with E-state index in [1.54, 1.807) is 0 Å². The van der Waals surface area contributed by atoms with E-state index in [-0.39, 0.29) is 6.61 Å². The first kappa shape index (κ1) is 22.9. The summed E-state index contributed by atoms with van der Waals surface area (Å²) in [5.41, 5.74) is 5.05. The highest BCUT2D eigenvalue weighted by atomic mass is 16.3. The third-order valence-corrected chi connectivity index (χ3v) is 6.61. The minimum Gasteiger partial charge on any atom is -0.396 e. The first-order valence-corrected chi connectivity index (χ1v) is 12.1. The van der Waals surface area contributed by atoms with Gasteiger partial charge < -0.3 is 15.3 Å². The van der Waals surface area contributed by atoms with Gasteiger partial charge in [0.15, 0.2) is 0 Å². The lowest BCUT2D eigenvalue weighted by molar-refractivity contribution is 0.216. The van der Waals surface area contributed by atoms with Gasteiger partial charge in [-0.05, 0) is 71.5 Å². The molecule has 1 aliphatic heterocycles. The van der Waals surface area contributed by atoms with Gasteiger partial charge in [-0.1, -0.05) is 24.3 Å². The van der Waals surface area contributed by atoms with Crippen LogP contribution in [-0.4, -0.2) is 54.3 Å². The number of hydrogen-bond donors (Lipinski definition) is 2. The Morgan fingerprint density at radius 2 is 1.63 bits per heavy atom. The molecule has 2 heterocycles. The molecule has 1 saturated heterocycles. The van der Waals surface area contributed by atoms with Crippen molar-refractivity contribution in [3.63, 3.8) is 0 Å². The van der Waals surface area contributed by atoms with Crippen LogP contribution in [0.5, 0.6) is 0 Å². The Hall–Kier alpha value is -3.92. The van der Waals surface area contributed by atoms with Gasteiger partial charge in [-0.2, -0.15) is 5.26 Å². The molecule has 5 rings (SSSR count). The number of fused-ring (bicyclic) bond motifs is 1. The zero-order valence-corrected chi connectivity index (χ0v) is 19.7. The number of pyridine rings is 1. The van der Waals surface area contributed by atoms with Crippen molar-refractivity contribution < 1.29 is 5.11 Å². The maximum atomic E-state index is 9.07. The normalized spacial score (nSPS) is 14.1. The molecule has 0 amide bonds. The third kappa shape index (κ3) is 5.27. The Morgan fingerprint density at radius 1 is 0.886 bits per heavy atom. The summed E-state index contributed by atoms with van der Waals surface area (Å²) in [6.07, 6.45) is 2.67. The highest BCUT2D eigenvalue weighted by molar-refractivity contribution is 5.96. The topological polar surface area (TPSA) is 75.4 Å². The van der Waals surface area contributed by atoms with Gasteiger partial charge in [-0.15, -0.1) is 0 Å². The number of nitrogens with one attached hydrogen (secondary N) is 1. The van der Waals surface area contributed by atoms with Crippen LogP contribution in [0.2, 0.25) is 0 Å². The Balaban J connectivity index is 1.31. The molecule has 1 fully saturated rings. The number of hydrogen-bond acceptors (Lipinski definition) is 6. The molecular formula is C29H29N5O. The van der Waals surface area contributed by atoms with E-state index in [0.717, 1.165) is 72.5 Å². The average Bonchev–Trinajstić information content (AvgIpc) is 2.93. The van der Waals surface area contributed by atoms with Crippen LogP contribution in [0, 0.1) is 11.3 Å². The summed E-state index contributed by atoms with van der Waals surface area (Å²) in [4.78, 5) is 9.46. The molecule has 0 bridgehead atoms. The van der Waals surface area contributed by atoms with E-state index < -0.39 is 0 Å². The zero-order valence-electron chi connectivity index (χ0n) is 19.7. The van der Waals surface area contributed by atoms with Gasteiger partial charge >= 0.3 is 0 Å². The Kier molecular flexibility index (Phi) is 6.89. The molecule has 0 radical (unpaired) electrons. The largest absolute Gasteiger partial charge is 0.396 e. The summed E-state index contributed by atoms with van der Waals surface area (Å²) in [7, 11) is 0. The number of piperazine rings is 1. The van der Waals surface area contributed by atoms with E-state index in [2.05, 4.69) is 68.6 Å². The van der Waals surface area contributed by atoms with Gasteiger partial charge in [0.1, 0.15) is 5.82 Å². The number of nitriles is 1. The standard InChI is InChI=1S/C29H29N5O/c30-21-22-2-4-23(5-3-22)25-7-6-24-12-13-31-29(28(24)20-25)32-26-8-10-27(11-9-26)34-17-15-33(16-18-34)14-1-19-35/h2-13,20,35H,1,14-19H2,(H,31,32). The molecule has 4 aromatic rings. The Labute approximate surface area is 206 Å². The van der Waals surface area contributed by atoms with Crippen LogP contribution in [-0.2, 0) is 0 Å². The fourth-order valence-electron chi connectivity index (χ4n) is 4.60. The molecule has 0 spiro atoms. The number of aliphatic hydroxyl groups is 1. The van der Waals surface area contributed by atoms with Gasteiger partial charge in [0.2, 0.25) is 0 Å². The van der Waals surface area contributed by atoms with Crippen molar-refractivity contribution in [1.82, 2.24) is 9.88 Å². The number of benzene rings is 3. The summed E-state index contributed by atoms with van der Waals surface area (Å²) >= 11 is 0. The van der Waals surface area contributed by atoms with Crippen LogP contribution >= 0.6 is 0 Å². The van der Waals surface area contributed by atoms with Gasteiger partial charge in [0.25, 0.3) is 0 Å². The van der Waals surface area contributed by atoms with E-state index in [0.29, 0.717) is 5.56 Å². The fourth-order valence-corrected chi connectivity index (χ4v) is 4.60. The predicted octanol–water partition coefficient (Wildman–Crippen LogP) is 5.02. The van der Waals surface area contributed by atoms with Crippen molar-refractivity contribution in [2.75, 3.05) is 49.5 Å². The SMILES string of the molecule is N#Cc1ccc(-c2ccc3ccnc(Nc4ccc(N5CCN(CCCO)CC5)cc4)c3c2)cc1. The monoisotopic (exact) mass is 463 g/mol. The minimum atomic E-state index is 0.261. The summed E-state index contributed by atoms with van der Waals surface area (Å²) in [6, 6.07) is 26.8. The second-order valence-corrected chi connectivity index (χ2v) is 8.86. The number of nitrogens with zero attached hydrogens (tertiary/aromatic N) is 4. The maximum absolute atomic E-state index is 9.07. The van der Waals surface area contributed by atoms with E-state index in [9.17, 15) is 0 Å². The summed E-state index contributed by atoms with van der Waals surface area (Å²) in [5.74, 6) is 0.822. The quantitative estimate of drug-likeness (QED) is 0.401. The van der Waals surface area contributed by atoms with Crippen molar-refractivity contribution in [3.05, 3.63) is 84.6 Å². The second-order valence-electron chi connectivity index (χ2n) is 8.86. The van der Waals surface area contributed by atoms with Crippen molar-refractivity contribution in [3.8, 4) is 17.2 Å². The van der Waals surface area contributed by atoms with E-state index in [1.165, 1.54) is 5.69 Å². The van der Waals surface area contributed by atoms with Crippen molar-refractivity contribution in [2.24, 2.45) is 0 Å². The second kappa shape index (κ2) is 10.6. The van der Waals surface area contributed by atoms with Gasteiger partial charge in [0, 0.05) is 62.3 Å². The van der Waals surface area contributed by atoms with Crippen molar-refractivity contribution in [1.29, 1.82) is 5.26 Å². The molecule has 0 atom stereocenters. The molecule has 0 aliphatic carbocycles. The van der Waals surface area contributed by atoms with E-state index >= 15 is 0 Å².